The predicted octanol–water partition coefficient (Wildman–Crippen LogP) is -1.02. The second-order valence-electron chi connectivity index (χ2n) is 3.49. The molecule has 7 heteroatoms. The summed E-state index contributed by atoms with van der Waals surface area (Å²) in [6, 6.07) is 1.50. The Kier molecular flexibility index (Phi) is 2.51. The monoisotopic (exact) mass is 234 g/mol. The van der Waals surface area contributed by atoms with Gasteiger partial charge in [-0.3, -0.25) is 14.4 Å². The second kappa shape index (κ2) is 3.85. The molecule has 0 radical (unpaired) electrons. The number of pyridine rings is 1. The van der Waals surface area contributed by atoms with Crippen LogP contribution in [0.15, 0.2) is 21.9 Å². The van der Waals surface area contributed by atoms with Gasteiger partial charge in [-0.1, -0.05) is 0 Å². The van der Waals surface area contributed by atoms with Crippen molar-refractivity contribution in [1.82, 2.24) is 19.9 Å². The van der Waals surface area contributed by atoms with Crippen LogP contribution in [0.2, 0.25) is 0 Å². The van der Waals surface area contributed by atoms with Crippen molar-refractivity contribution in [1.29, 1.82) is 0 Å². The minimum Gasteiger partial charge on any atom is -0.355 e. The molecule has 2 heterocycles. The molecule has 0 bridgehead atoms. The smallest absolute Gasteiger partial charge is 0.316 e. The summed E-state index contributed by atoms with van der Waals surface area (Å²) in [5, 5.41) is 2.45. The molecule has 2 rings (SSSR count). The summed E-state index contributed by atoms with van der Waals surface area (Å²) >= 11 is 0. The van der Waals surface area contributed by atoms with Gasteiger partial charge in [-0.05, 0) is 6.07 Å². The topological polar surface area (TPSA) is 96.8 Å². The van der Waals surface area contributed by atoms with Crippen LogP contribution in [-0.4, -0.2) is 27.5 Å². The van der Waals surface area contributed by atoms with E-state index in [4.69, 9.17) is 0 Å². The Hall–Kier alpha value is -2.44. The zero-order chi connectivity index (χ0) is 12.6. The number of rotatable bonds is 1. The number of carbonyl (C=O) groups is 1. The summed E-state index contributed by atoms with van der Waals surface area (Å²) in [6.45, 7) is 0. The van der Waals surface area contributed by atoms with Crippen molar-refractivity contribution < 1.29 is 4.79 Å². The number of carbonyl (C=O) groups excluding carboxylic acids is 1. The first-order valence-corrected chi connectivity index (χ1v) is 4.85. The van der Waals surface area contributed by atoms with Crippen molar-refractivity contribution in [2.75, 3.05) is 7.05 Å². The van der Waals surface area contributed by atoms with E-state index in [1.807, 2.05) is 0 Å². The molecular formula is C10H10N4O3. The fourth-order valence-corrected chi connectivity index (χ4v) is 1.50. The zero-order valence-corrected chi connectivity index (χ0v) is 9.27. The van der Waals surface area contributed by atoms with Gasteiger partial charge in [-0.2, -0.15) is 0 Å². The minimum absolute atomic E-state index is 0.268. The van der Waals surface area contributed by atoms with E-state index in [0.717, 1.165) is 4.57 Å². The van der Waals surface area contributed by atoms with E-state index < -0.39 is 11.1 Å². The molecule has 0 unspecified atom stereocenters. The van der Waals surface area contributed by atoms with E-state index in [2.05, 4.69) is 15.3 Å². The van der Waals surface area contributed by atoms with Crippen molar-refractivity contribution in [3.05, 3.63) is 38.5 Å². The van der Waals surface area contributed by atoms with Gasteiger partial charge in [0, 0.05) is 20.3 Å². The molecule has 0 atom stereocenters. The first-order chi connectivity index (χ1) is 8.04. The molecule has 2 N–H and O–H groups in total. The third-order valence-corrected chi connectivity index (χ3v) is 2.45. The third-order valence-electron chi connectivity index (χ3n) is 2.45. The number of aromatic amines is 1. The fraction of sp³-hybridized carbons (Fsp3) is 0.200. The van der Waals surface area contributed by atoms with Gasteiger partial charge in [-0.25, -0.2) is 4.98 Å². The summed E-state index contributed by atoms with van der Waals surface area (Å²) < 4.78 is 1.16. The van der Waals surface area contributed by atoms with E-state index in [0.29, 0.717) is 11.1 Å². The van der Waals surface area contributed by atoms with Crippen LogP contribution < -0.4 is 16.4 Å². The SMILES string of the molecule is CNC(=O)c1cnc2[nH]c(=O)c(=O)n(C)c2c1. The Bertz CT molecular complexity index is 714. The van der Waals surface area contributed by atoms with Crippen LogP contribution in [0.4, 0.5) is 0 Å². The van der Waals surface area contributed by atoms with Gasteiger partial charge in [0.1, 0.15) is 0 Å². The molecule has 1 amide bonds. The van der Waals surface area contributed by atoms with E-state index in [1.54, 1.807) is 0 Å². The number of hydrogen-bond donors (Lipinski definition) is 2. The average Bonchev–Trinajstić information content (AvgIpc) is 2.35. The molecule has 2 aromatic rings. The van der Waals surface area contributed by atoms with Crippen LogP contribution in [0.25, 0.3) is 11.2 Å². The molecule has 0 saturated carbocycles. The van der Waals surface area contributed by atoms with E-state index in [1.165, 1.54) is 26.4 Å². The lowest BCUT2D eigenvalue weighted by Gasteiger charge is -2.05. The molecule has 0 saturated heterocycles. The quantitative estimate of drug-likeness (QED) is 0.617. The largest absolute Gasteiger partial charge is 0.355 e. The molecule has 17 heavy (non-hydrogen) atoms. The highest BCUT2D eigenvalue weighted by molar-refractivity contribution is 5.96. The number of aromatic nitrogens is 3. The maximum Gasteiger partial charge on any atom is 0.316 e. The normalized spacial score (nSPS) is 10.5. The van der Waals surface area contributed by atoms with E-state index in [-0.39, 0.29) is 11.6 Å². The van der Waals surface area contributed by atoms with E-state index >= 15 is 0 Å². The molecule has 0 aromatic carbocycles. The summed E-state index contributed by atoms with van der Waals surface area (Å²) in [5.41, 5.74) is -0.434. The van der Waals surface area contributed by atoms with Gasteiger partial charge in [0.05, 0.1) is 11.1 Å². The van der Waals surface area contributed by atoms with Crippen LogP contribution in [-0.2, 0) is 7.05 Å². The first kappa shape index (κ1) is 11.1. The lowest BCUT2D eigenvalue weighted by Crippen LogP contribution is -2.35. The Morgan fingerprint density at radius 1 is 1.47 bits per heavy atom. The van der Waals surface area contributed by atoms with Crippen LogP contribution in [0.1, 0.15) is 10.4 Å². The lowest BCUT2D eigenvalue weighted by molar-refractivity contribution is 0.0963. The summed E-state index contributed by atoms with van der Waals surface area (Å²) in [7, 11) is 2.95. The van der Waals surface area contributed by atoms with Crippen LogP contribution in [0.5, 0.6) is 0 Å². The van der Waals surface area contributed by atoms with Crippen molar-refractivity contribution in [3.63, 3.8) is 0 Å². The molecule has 2 aromatic heterocycles. The van der Waals surface area contributed by atoms with Crippen molar-refractivity contribution >= 4 is 17.1 Å². The molecule has 0 spiro atoms. The Morgan fingerprint density at radius 2 is 2.18 bits per heavy atom. The average molecular weight is 234 g/mol. The highest BCUT2D eigenvalue weighted by atomic mass is 16.2. The third kappa shape index (κ3) is 1.71. The standard InChI is InChI=1S/C10H10N4O3/c1-11-8(15)5-3-6-7(12-4-5)13-9(16)10(17)14(6)2/h3-4H,1-2H3,(H,11,15)(H,12,13,16). The highest BCUT2D eigenvalue weighted by Crippen LogP contribution is 2.07. The minimum atomic E-state index is -0.736. The molecular weight excluding hydrogens is 224 g/mol. The second-order valence-corrected chi connectivity index (χ2v) is 3.49. The van der Waals surface area contributed by atoms with Crippen molar-refractivity contribution in [2.45, 2.75) is 0 Å². The molecule has 0 aliphatic heterocycles. The fourth-order valence-electron chi connectivity index (χ4n) is 1.50. The number of H-pyrrole nitrogens is 1. The van der Waals surface area contributed by atoms with Gasteiger partial charge >= 0.3 is 11.1 Å². The molecule has 7 nitrogen and oxygen atoms in total. The van der Waals surface area contributed by atoms with Gasteiger partial charge in [0.25, 0.3) is 5.91 Å². The number of nitrogens with zero attached hydrogens (tertiary/aromatic N) is 2. The Morgan fingerprint density at radius 3 is 2.82 bits per heavy atom. The van der Waals surface area contributed by atoms with Crippen molar-refractivity contribution in [3.8, 4) is 0 Å². The maximum atomic E-state index is 11.4. The molecule has 0 aliphatic rings. The lowest BCUT2D eigenvalue weighted by atomic mass is 10.2. The van der Waals surface area contributed by atoms with Gasteiger partial charge < -0.3 is 14.9 Å². The summed E-state index contributed by atoms with van der Waals surface area (Å²) in [5.74, 6) is -0.307. The molecule has 88 valence electrons. The van der Waals surface area contributed by atoms with Crippen LogP contribution in [0, 0.1) is 0 Å². The van der Waals surface area contributed by atoms with Gasteiger partial charge in [0.15, 0.2) is 5.65 Å². The van der Waals surface area contributed by atoms with Gasteiger partial charge in [0.2, 0.25) is 0 Å². The number of fused-ring (bicyclic) bond motifs is 1. The summed E-state index contributed by atoms with van der Waals surface area (Å²) in [4.78, 5) is 40.3. The molecule has 0 aliphatic carbocycles. The predicted molar refractivity (Wildman–Crippen MR) is 61.0 cm³/mol. The Labute approximate surface area is 95.1 Å². The highest BCUT2D eigenvalue weighted by Gasteiger charge is 2.09. The summed E-state index contributed by atoms with van der Waals surface area (Å²) in [6.07, 6.45) is 1.33. The number of nitrogens with one attached hydrogen (secondary N) is 2. The Balaban J connectivity index is 2.82. The van der Waals surface area contributed by atoms with Gasteiger partial charge in [-0.15, -0.1) is 0 Å². The number of amides is 1. The zero-order valence-electron chi connectivity index (χ0n) is 9.27. The van der Waals surface area contributed by atoms with Crippen molar-refractivity contribution in [2.24, 2.45) is 7.05 Å². The molecule has 0 fully saturated rings. The van der Waals surface area contributed by atoms with Crippen LogP contribution in [0.3, 0.4) is 0 Å². The van der Waals surface area contributed by atoms with E-state index in [9.17, 15) is 14.4 Å². The van der Waals surface area contributed by atoms with Crippen LogP contribution >= 0.6 is 0 Å². The maximum absolute atomic E-state index is 11.4. The first-order valence-electron chi connectivity index (χ1n) is 4.85. The number of hydrogen-bond acceptors (Lipinski definition) is 4. The number of aryl methyl sites for hydroxylation is 1.